The van der Waals surface area contributed by atoms with Crippen molar-refractivity contribution >= 4 is 21.7 Å². The zero-order chi connectivity index (χ0) is 8.97. The van der Waals surface area contributed by atoms with Crippen LogP contribution >= 0.6 is 15.9 Å². The SMILES string of the molecule is CCCCOC1=C(Br)C(=O)CC1. The molecule has 0 aliphatic heterocycles. The Labute approximate surface area is 81.1 Å². The predicted molar refractivity (Wildman–Crippen MR) is 51.1 cm³/mol. The van der Waals surface area contributed by atoms with Gasteiger partial charge in [0.2, 0.25) is 0 Å². The van der Waals surface area contributed by atoms with Crippen LogP contribution in [0.2, 0.25) is 0 Å². The largest absolute Gasteiger partial charge is 0.497 e. The van der Waals surface area contributed by atoms with Gasteiger partial charge < -0.3 is 4.74 Å². The molecule has 0 amide bonds. The van der Waals surface area contributed by atoms with E-state index in [4.69, 9.17) is 4.74 Å². The molecule has 3 heteroatoms. The normalized spacial score (nSPS) is 17.3. The van der Waals surface area contributed by atoms with Gasteiger partial charge in [-0.15, -0.1) is 0 Å². The molecule has 0 aromatic rings. The number of hydrogen-bond acceptors (Lipinski definition) is 2. The fourth-order valence-corrected chi connectivity index (χ4v) is 1.59. The molecule has 0 aromatic carbocycles. The van der Waals surface area contributed by atoms with Gasteiger partial charge in [-0.2, -0.15) is 0 Å². The summed E-state index contributed by atoms with van der Waals surface area (Å²) in [5.74, 6) is 1.01. The number of Topliss-reactive ketones (excluding diaryl/α,β-unsaturated/α-hetero) is 1. The Hall–Kier alpha value is -0.310. The molecule has 0 radical (unpaired) electrons. The number of ether oxygens (including phenoxy) is 1. The number of carbonyl (C=O) groups excluding carboxylic acids is 1. The van der Waals surface area contributed by atoms with E-state index in [1.807, 2.05) is 0 Å². The van der Waals surface area contributed by atoms with Crippen molar-refractivity contribution in [1.82, 2.24) is 0 Å². The first kappa shape index (κ1) is 9.78. The van der Waals surface area contributed by atoms with Crippen LogP contribution in [0.15, 0.2) is 10.2 Å². The maximum absolute atomic E-state index is 11.0. The van der Waals surface area contributed by atoms with Gasteiger partial charge in [0.25, 0.3) is 0 Å². The third-order valence-electron chi connectivity index (χ3n) is 1.84. The standard InChI is InChI=1S/C9H13BrO2/c1-2-3-6-12-8-5-4-7(11)9(8)10/h2-6H2,1H3. The van der Waals surface area contributed by atoms with E-state index in [9.17, 15) is 4.79 Å². The highest BCUT2D eigenvalue weighted by Crippen LogP contribution is 2.28. The second-order valence-electron chi connectivity index (χ2n) is 2.86. The molecular weight excluding hydrogens is 220 g/mol. The summed E-state index contributed by atoms with van der Waals surface area (Å²) in [6, 6.07) is 0. The van der Waals surface area contributed by atoms with Gasteiger partial charge in [0.1, 0.15) is 5.76 Å². The van der Waals surface area contributed by atoms with Crippen LogP contribution in [0.5, 0.6) is 0 Å². The predicted octanol–water partition coefficient (Wildman–Crippen LogP) is 2.77. The van der Waals surface area contributed by atoms with Crippen molar-refractivity contribution in [2.24, 2.45) is 0 Å². The van der Waals surface area contributed by atoms with Gasteiger partial charge in [-0.25, -0.2) is 0 Å². The van der Waals surface area contributed by atoms with Gasteiger partial charge in [-0.1, -0.05) is 13.3 Å². The lowest BCUT2D eigenvalue weighted by atomic mass is 10.3. The lowest BCUT2D eigenvalue weighted by Gasteiger charge is -2.05. The zero-order valence-corrected chi connectivity index (χ0v) is 8.82. The summed E-state index contributed by atoms with van der Waals surface area (Å²) in [5.41, 5.74) is 0. The van der Waals surface area contributed by atoms with Crippen LogP contribution in [-0.4, -0.2) is 12.4 Å². The average molecular weight is 233 g/mol. The highest BCUT2D eigenvalue weighted by molar-refractivity contribution is 9.12. The second kappa shape index (κ2) is 4.65. The molecule has 0 fully saturated rings. The highest BCUT2D eigenvalue weighted by Gasteiger charge is 2.21. The van der Waals surface area contributed by atoms with Crippen molar-refractivity contribution in [2.75, 3.05) is 6.61 Å². The Bertz CT molecular complexity index is 209. The van der Waals surface area contributed by atoms with Crippen LogP contribution < -0.4 is 0 Å². The van der Waals surface area contributed by atoms with E-state index in [2.05, 4.69) is 22.9 Å². The van der Waals surface area contributed by atoms with Gasteiger partial charge in [0.15, 0.2) is 5.78 Å². The van der Waals surface area contributed by atoms with E-state index in [-0.39, 0.29) is 5.78 Å². The molecule has 2 nitrogen and oxygen atoms in total. The second-order valence-corrected chi connectivity index (χ2v) is 3.66. The first-order valence-electron chi connectivity index (χ1n) is 4.30. The van der Waals surface area contributed by atoms with Gasteiger partial charge in [-0.3, -0.25) is 4.79 Å². The molecule has 0 aromatic heterocycles. The minimum absolute atomic E-state index is 0.168. The van der Waals surface area contributed by atoms with Crippen LogP contribution in [0.3, 0.4) is 0 Å². The van der Waals surface area contributed by atoms with Gasteiger partial charge >= 0.3 is 0 Å². The number of ketones is 1. The Kier molecular flexibility index (Phi) is 3.79. The van der Waals surface area contributed by atoms with Crippen molar-refractivity contribution in [3.05, 3.63) is 10.2 Å². The Balaban J connectivity index is 2.37. The van der Waals surface area contributed by atoms with E-state index >= 15 is 0 Å². The monoisotopic (exact) mass is 232 g/mol. The maximum atomic E-state index is 11.0. The van der Waals surface area contributed by atoms with E-state index in [0.29, 0.717) is 10.9 Å². The molecule has 12 heavy (non-hydrogen) atoms. The Morgan fingerprint density at radius 2 is 2.25 bits per heavy atom. The molecule has 0 bridgehead atoms. The number of carbonyl (C=O) groups is 1. The quantitative estimate of drug-likeness (QED) is 0.698. The van der Waals surface area contributed by atoms with Crippen LogP contribution in [0, 0.1) is 0 Å². The third kappa shape index (κ3) is 2.34. The number of halogens is 1. The molecule has 0 N–H and O–H groups in total. The molecule has 0 unspecified atom stereocenters. The summed E-state index contributed by atoms with van der Waals surface area (Å²) in [4.78, 5) is 11.0. The minimum Gasteiger partial charge on any atom is -0.497 e. The fraction of sp³-hybridized carbons (Fsp3) is 0.667. The molecule has 0 saturated heterocycles. The molecule has 1 rings (SSSR count). The lowest BCUT2D eigenvalue weighted by Crippen LogP contribution is -1.93. The van der Waals surface area contributed by atoms with Crippen molar-refractivity contribution in [3.63, 3.8) is 0 Å². The van der Waals surface area contributed by atoms with Gasteiger partial charge in [0, 0.05) is 12.8 Å². The Morgan fingerprint density at radius 1 is 1.50 bits per heavy atom. The highest BCUT2D eigenvalue weighted by atomic mass is 79.9. The average Bonchev–Trinajstić information content (AvgIpc) is 2.36. The summed E-state index contributed by atoms with van der Waals surface area (Å²) in [6.45, 7) is 2.85. The first-order valence-corrected chi connectivity index (χ1v) is 5.09. The lowest BCUT2D eigenvalue weighted by molar-refractivity contribution is -0.114. The molecule has 1 aliphatic rings. The summed E-state index contributed by atoms with van der Waals surface area (Å²) in [5, 5.41) is 0. The smallest absolute Gasteiger partial charge is 0.173 e. The number of allylic oxidation sites excluding steroid dienone is 2. The molecule has 0 heterocycles. The van der Waals surface area contributed by atoms with Crippen molar-refractivity contribution in [1.29, 1.82) is 0 Å². The number of hydrogen-bond donors (Lipinski definition) is 0. The van der Waals surface area contributed by atoms with E-state index < -0.39 is 0 Å². The van der Waals surface area contributed by atoms with Crippen LogP contribution in [0.4, 0.5) is 0 Å². The van der Waals surface area contributed by atoms with Crippen LogP contribution in [0.25, 0.3) is 0 Å². The summed E-state index contributed by atoms with van der Waals surface area (Å²) < 4.78 is 6.09. The van der Waals surface area contributed by atoms with E-state index in [1.54, 1.807) is 0 Å². The summed E-state index contributed by atoms with van der Waals surface area (Å²) in [7, 11) is 0. The molecule has 1 aliphatic carbocycles. The molecule has 0 spiro atoms. The van der Waals surface area contributed by atoms with Crippen LogP contribution in [0.1, 0.15) is 32.6 Å². The fourth-order valence-electron chi connectivity index (χ4n) is 1.08. The van der Waals surface area contributed by atoms with Gasteiger partial charge in [-0.05, 0) is 22.4 Å². The third-order valence-corrected chi connectivity index (χ3v) is 2.73. The van der Waals surface area contributed by atoms with Crippen LogP contribution in [-0.2, 0) is 9.53 Å². The summed E-state index contributed by atoms with van der Waals surface area (Å²) in [6.07, 6.45) is 3.54. The van der Waals surface area contributed by atoms with Crippen molar-refractivity contribution in [2.45, 2.75) is 32.6 Å². The molecule has 0 saturated carbocycles. The van der Waals surface area contributed by atoms with Gasteiger partial charge in [0.05, 0.1) is 11.1 Å². The van der Waals surface area contributed by atoms with E-state index in [1.165, 1.54) is 0 Å². The number of unbranched alkanes of at least 4 members (excludes halogenated alkanes) is 1. The van der Waals surface area contributed by atoms with Crippen molar-refractivity contribution < 1.29 is 9.53 Å². The zero-order valence-electron chi connectivity index (χ0n) is 7.23. The molecule has 0 atom stereocenters. The molecular formula is C9H13BrO2. The minimum atomic E-state index is 0.168. The van der Waals surface area contributed by atoms with Crippen molar-refractivity contribution in [3.8, 4) is 0 Å². The van der Waals surface area contributed by atoms with E-state index in [0.717, 1.165) is 31.6 Å². The maximum Gasteiger partial charge on any atom is 0.173 e. The first-order chi connectivity index (χ1) is 5.75. The Morgan fingerprint density at radius 3 is 2.75 bits per heavy atom. The summed E-state index contributed by atoms with van der Waals surface area (Å²) >= 11 is 3.23. The topological polar surface area (TPSA) is 26.3 Å². The molecule has 68 valence electrons. The number of rotatable bonds is 4.